The van der Waals surface area contributed by atoms with Crippen molar-refractivity contribution in [1.82, 2.24) is 15.0 Å². The molecule has 1 aromatic rings. The summed E-state index contributed by atoms with van der Waals surface area (Å²) in [6, 6.07) is 0. The van der Waals surface area contributed by atoms with Gasteiger partial charge < -0.3 is 14.6 Å². The molecule has 15 heavy (non-hydrogen) atoms. The zero-order chi connectivity index (χ0) is 10.8. The molecule has 1 aromatic heterocycles. The lowest BCUT2D eigenvalue weighted by Gasteiger charge is -2.14. The standard InChI is InChI=1S/C8H12BrN3O3/c1-12-7(8(9)10-11-12)5(13)4-6-14-2-3-15-6/h5-6,13H,2-4H2,1H3. The van der Waals surface area contributed by atoms with Gasteiger partial charge in [-0.25, -0.2) is 4.68 Å². The number of rotatable bonds is 3. The Bertz CT molecular complexity index is 318. The van der Waals surface area contributed by atoms with Gasteiger partial charge in [0.1, 0.15) is 11.8 Å². The molecule has 0 spiro atoms. The summed E-state index contributed by atoms with van der Waals surface area (Å²) in [5.41, 5.74) is 0.633. The van der Waals surface area contributed by atoms with Crippen LogP contribution in [-0.4, -0.2) is 39.6 Å². The predicted octanol–water partition coefficient (Wildman–Crippen LogP) is 0.374. The van der Waals surface area contributed by atoms with E-state index < -0.39 is 6.10 Å². The van der Waals surface area contributed by atoms with Crippen LogP contribution in [0.2, 0.25) is 0 Å². The van der Waals surface area contributed by atoms with Crippen molar-refractivity contribution in [2.75, 3.05) is 13.2 Å². The molecule has 0 aliphatic carbocycles. The number of ether oxygens (including phenoxy) is 2. The number of aliphatic hydroxyl groups excluding tert-OH is 1. The first-order valence-electron chi connectivity index (χ1n) is 4.65. The van der Waals surface area contributed by atoms with Gasteiger partial charge in [-0.1, -0.05) is 5.21 Å². The van der Waals surface area contributed by atoms with Crippen LogP contribution in [0.25, 0.3) is 0 Å². The summed E-state index contributed by atoms with van der Waals surface area (Å²) in [5.74, 6) is 0. The number of halogens is 1. The Balaban J connectivity index is 2.03. The summed E-state index contributed by atoms with van der Waals surface area (Å²) in [5, 5.41) is 17.5. The van der Waals surface area contributed by atoms with E-state index in [9.17, 15) is 5.11 Å². The summed E-state index contributed by atoms with van der Waals surface area (Å²) in [6.07, 6.45) is -0.635. The number of aryl methyl sites for hydroxylation is 1. The SMILES string of the molecule is Cn1nnc(Br)c1C(O)CC1OCCO1. The molecular weight excluding hydrogens is 266 g/mol. The average Bonchev–Trinajstić information content (AvgIpc) is 2.77. The third-order valence-electron chi connectivity index (χ3n) is 2.25. The molecule has 6 nitrogen and oxygen atoms in total. The smallest absolute Gasteiger partial charge is 0.160 e. The first-order chi connectivity index (χ1) is 7.18. The quantitative estimate of drug-likeness (QED) is 0.865. The molecule has 1 atom stereocenters. The predicted molar refractivity (Wildman–Crippen MR) is 54.0 cm³/mol. The van der Waals surface area contributed by atoms with Crippen LogP contribution >= 0.6 is 15.9 Å². The maximum atomic E-state index is 9.94. The number of aromatic nitrogens is 3. The van der Waals surface area contributed by atoms with Crippen molar-refractivity contribution >= 4 is 15.9 Å². The first kappa shape index (κ1) is 11.0. The zero-order valence-corrected chi connectivity index (χ0v) is 9.85. The highest BCUT2D eigenvalue weighted by Crippen LogP contribution is 2.26. The Hall–Kier alpha value is -0.500. The number of hydrogen-bond acceptors (Lipinski definition) is 5. The van der Waals surface area contributed by atoms with Crippen LogP contribution in [0.5, 0.6) is 0 Å². The van der Waals surface area contributed by atoms with Crippen LogP contribution < -0.4 is 0 Å². The van der Waals surface area contributed by atoms with Gasteiger partial charge in [0.2, 0.25) is 0 Å². The van der Waals surface area contributed by atoms with E-state index in [4.69, 9.17) is 9.47 Å². The zero-order valence-electron chi connectivity index (χ0n) is 8.26. The maximum absolute atomic E-state index is 9.94. The van der Waals surface area contributed by atoms with Crippen molar-refractivity contribution in [2.24, 2.45) is 7.05 Å². The third-order valence-corrected chi connectivity index (χ3v) is 2.81. The second-order valence-corrected chi connectivity index (χ2v) is 4.06. The van der Waals surface area contributed by atoms with Crippen molar-refractivity contribution in [2.45, 2.75) is 18.8 Å². The molecule has 1 saturated heterocycles. The van der Waals surface area contributed by atoms with E-state index in [2.05, 4.69) is 26.2 Å². The van der Waals surface area contributed by atoms with E-state index in [0.29, 0.717) is 29.9 Å². The van der Waals surface area contributed by atoms with E-state index >= 15 is 0 Å². The van der Waals surface area contributed by atoms with Gasteiger partial charge in [-0.2, -0.15) is 0 Å². The van der Waals surface area contributed by atoms with Crippen molar-refractivity contribution < 1.29 is 14.6 Å². The van der Waals surface area contributed by atoms with Gasteiger partial charge in [0, 0.05) is 13.5 Å². The fourth-order valence-corrected chi connectivity index (χ4v) is 2.12. The fourth-order valence-electron chi connectivity index (χ4n) is 1.53. The minimum atomic E-state index is -0.692. The van der Waals surface area contributed by atoms with Crippen LogP contribution in [0.3, 0.4) is 0 Å². The second-order valence-electron chi connectivity index (χ2n) is 3.31. The Morgan fingerprint density at radius 3 is 2.80 bits per heavy atom. The molecular formula is C8H12BrN3O3. The summed E-state index contributed by atoms with van der Waals surface area (Å²) < 4.78 is 12.6. The van der Waals surface area contributed by atoms with Gasteiger partial charge in [-0.05, 0) is 15.9 Å². The van der Waals surface area contributed by atoms with Gasteiger partial charge >= 0.3 is 0 Å². The Labute approximate surface area is 95.3 Å². The molecule has 0 aromatic carbocycles. The van der Waals surface area contributed by atoms with Gasteiger partial charge in [-0.3, -0.25) is 0 Å². The van der Waals surface area contributed by atoms with Crippen molar-refractivity contribution in [1.29, 1.82) is 0 Å². The summed E-state index contributed by atoms with van der Waals surface area (Å²) in [7, 11) is 1.73. The Morgan fingerprint density at radius 2 is 2.27 bits per heavy atom. The molecule has 0 saturated carbocycles. The Morgan fingerprint density at radius 1 is 1.60 bits per heavy atom. The van der Waals surface area contributed by atoms with E-state index in [-0.39, 0.29) is 6.29 Å². The monoisotopic (exact) mass is 277 g/mol. The lowest BCUT2D eigenvalue weighted by molar-refractivity contribution is -0.0719. The van der Waals surface area contributed by atoms with Crippen molar-refractivity contribution in [3.63, 3.8) is 0 Å². The average molecular weight is 278 g/mol. The number of nitrogens with zero attached hydrogens (tertiary/aromatic N) is 3. The summed E-state index contributed by atoms with van der Waals surface area (Å²) in [6.45, 7) is 1.17. The fraction of sp³-hybridized carbons (Fsp3) is 0.750. The van der Waals surface area contributed by atoms with Crippen LogP contribution in [-0.2, 0) is 16.5 Å². The minimum Gasteiger partial charge on any atom is -0.387 e. The van der Waals surface area contributed by atoms with Crippen LogP contribution in [0.1, 0.15) is 18.2 Å². The van der Waals surface area contributed by atoms with E-state index in [1.165, 1.54) is 4.68 Å². The lowest BCUT2D eigenvalue weighted by Crippen LogP contribution is -2.15. The second kappa shape index (κ2) is 4.56. The maximum Gasteiger partial charge on any atom is 0.160 e. The number of hydrogen-bond donors (Lipinski definition) is 1. The van der Waals surface area contributed by atoms with Gasteiger partial charge in [0.05, 0.1) is 13.2 Å². The van der Waals surface area contributed by atoms with Crippen LogP contribution in [0, 0.1) is 0 Å². The molecule has 1 N–H and O–H groups in total. The molecule has 1 aliphatic heterocycles. The largest absolute Gasteiger partial charge is 0.387 e. The normalized spacial score (nSPS) is 19.7. The molecule has 0 radical (unpaired) electrons. The molecule has 1 unspecified atom stereocenters. The lowest BCUT2D eigenvalue weighted by atomic mass is 10.2. The van der Waals surface area contributed by atoms with Crippen LogP contribution in [0.15, 0.2) is 4.60 Å². The highest BCUT2D eigenvalue weighted by molar-refractivity contribution is 9.10. The third kappa shape index (κ3) is 2.36. The van der Waals surface area contributed by atoms with Gasteiger partial charge in [0.15, 0.2) is 10.9 Å². The van der Waals surface area contributed by atoms with E-state index in [0.717, 1.165) is 0 Å². The number of aliphatic hydroxyl groups is 1. The van der Waals surface area contributed by atoms with E-state index in [1.807, 2.05) is 0 Å². The highest BCUT2D eigenvalue weighted by atomic mass is 79.9. The van der Waals surface area contributed by atoms with Crippen LogP contribution in [0.4, 0.5) is 0 Å². The van der Waals surface area contributed by atoms with Crippen molar-refractivity contribution in [3.8, 4) is 0 Å². The topological polar surface area (TPSA) is 69.4 Å². The van der Waals surface area contributed by atoms with Crippen molar-refractivity contribution in [3.05, 3.63) is 10.3 Å². The van der Waals surface area contributed by atoms with Gasteiger partial charge in [0.25, 0.3) is 0 Å². The summed E-state index contributed by atoms with van der Waals surface area (Å²) >= 11 is 3.23. The molecule has 0 bridgehead atoms. The highest BCUT2D eigenvalue weighted by Gasteiger charge is 2.25. The van der Waals surface area contributed by atoms with Gasteiger partial charge in [-0.15, -0.1) is 5.10 Å². The molecule has 2 rings (SSSR count). The molecule has 84 valence electrons. The molecule has 2 heterocycles. The minimum absolute atomic E-state index is 0.332. The summed E-state index contributed by atoms with van der Waals surface area (Å²) in [4.78, 5) is 0. The first-order valence-corrected chi connectivity index (χ1v) is 5.44. The molecule has 1 fully saturated rings. The molecule has 1 aliphatic rings. The van der Waals surface area contributed by atoms with E-state index in [1.54, 1.807) is 7.05 Å². The Kier molecular flexibility index (Phi) is 3.35. The molecule has 7 heteroatoms. The molecule has 0 amide bonds.